The molecule has 0 aromatic carbocycles. The molecule has 2 rings (SSSR count). The normalized spacial score (nSPS) is 16.6. The Hall–Kier alpha value is -1.18. The average Bonchev–Trinajstić information content (AvgIpc) is 2.87. The van der Waals surface area contributed by atoms with Crippen molar-refractivity contribution in [1.82, 2.24) is 5.32 Å². The van der Waals surface area contributed by atoms with Crippen LogP contribution in [0.3, 0.4) is 0 Å². The zero-order valence-electron chi connectivity index (χ0n) is 13.9. The molecule has 1 aliphatic carbocycles. The van der Waals surface area contributed by atoms with Gasteiger partial charge in [-0.05, 0) is 49.4 Å². The van der Waals surface area contributed by atoms with E-state index in [0.717, 1.165) is 42.8 Å². The Morgan fingerprint density at radius 1 is 1.43 bits per heavy atom. The summed E-state index contributed by atoms with van der Waals surface area (Å²) in [5, 5.41) is 7.62. The van der Waals surface area contributed by atoms with Crippen molar-refractivity contribution in [2.75, 3.05) is 32.7 Å². The highest BCUT2D eigenvalue weighted by atomic mass is 32.1. The first-order valence-electron chi connectivity index (χ1n) is 7.83. The van der Waals surface area contributed by atoms with Gasteiger partial charge in [-0.1, -0.05) is 6.92 Å². The van der Waals surface area contributed by atoms with Crippen LogP contribution in [-0.4, -0.2) is 38.5 Å². The summed E-state index contributed by atoms with van der Waals surface area (Å²) < 4.78 is 9.98. The molecule has 0 aliphatic heterocycles. The molecule has 0 fully saturated rings. The number of ether oxygens (including phenoxy) is 2. The predicted octanol–water partition coefficient (Wildman–Crippen LogP) is 2.98. The minimum absolute atomic E-state index is 0.290. The molecule has 1 atom stereocenters. The maximum absolute atomic E-state index is 12.2. The molecule has 5 nitrogen and oxygen atoms in total. The van der Waals surface area contributed by atoms with Crippen LogP contribution in [-0.2, 0) is 22.3 Å². The summed E-state index contributed by atoms with van der Waals surface area (Å²) in [4.78, 5) is 13.5. The standard InChI is InChI=1S/C16H24N2O3S2/c1-10-5-6-11-12(9-10)23-14(13(11)15(19)21-3)18-16(22)17-7-4-8-20-2/h10H,4-9H2,1-3H3,(H2,17,18,22)/t10-/m1/s1. The van der Waals surface area contributed by atoms with Crippen molar-refractivity contribution in [3.05, 3.63) is 16.0 Å². The third-order valence-corrected chi connectivity index (χ3v) is 5.36. The number of esters is 1. The van der Waals surface area contributed by atoms with Gasteiger partial charge in [-0.3, -0.25) is 0 Å². The summed E-state index contributed by atoms with van der Waals surface area (Å²) in [5.74, 6) is 0.361. The van der Waals surface area contributed by atoms with Gasteiger partial charge >= 0.3 is 5.97 Å². The summed E-state index contributed by atoms with van der Waals surface area (Å²) in [6.07, 6.45) is 3.92. The van der Waals surface area contributed by atoms with Crippen LogP contribution in [0.4, 0.5) is 5.00 Å². The Labute approximate surface area is 146 Å². The molecule has 1 aliphatic rings. The molecule has 0 unspecified atom stereocenters. The number of anilines is 1. The lowest BCUT2D eigenvalue weighted by molar-refractivity contribution is 0.0601. The number of thiophene rings is 1. The van der Waals surface area contributed by atoms with E-state index < -0.39 is 0 Å². The lowest BCUT2D eigenvalue weighted by Crippen LogP contribution is -2.30. The predicted molar refractivity (Wildman–Crippen MR) is 97.6 cm³/mol. The van der Waals surface area contributed by atoms with Crippen molar-refractivity contribution in [3.63, 3.8) is 0 Å². The molecule has 2 N–H and O–H groups in total. The molecule has 0 bridgehead atoms. The van der Waals surface area contributed by atoms with E-state index in [9.17, 15) is 4.79 Å². The molecule has 0 saturated carbocycles. The second-order valence-electron chi connectivity index (χ2n) is 5.77. The molecule has 1 aromatic heterocycles. The second-order valence-corrected chi connectivity index (χ2v) is 7.29. The fraction of sp³-hybridized carbons (Fsp3) is 0.625. The molecule has 0 spiro atoms. The van der Waals surface area contributed by atoms with Crippen molar-refractivity contribution in [2.24, 2.45) is 5.92 Å². The molecule has 128 valence electrons. The zero-order chi connectivity index (χ0) is 16.8. The van der Waals surface area contributed by atoms with Crippen molar-refractivity contribution in [2.45, 2.75) is 32.6 Å². The number of hydrogen-bond donors (Lipinski definition) is 2. The summed E-state index contributed by atoms with van der Waals surface area (Å²) in [6.45, 7) is 3.67. The molecule has 1 heterocycles. The number of nitrogens with one attached hydrogen (secondary N) is 2. The van der Waals surface area contributed by atoms with Gasteiger partial charge in [-0.2, -0.15) is 0 Å². The lowest BCUT2D eigenvalue weighted by Gasteiger charge is -2.18. The van der Waals surface area contributed by atoms with Gasteiger partial charge in [-0.25, -0.2) is 4.79 Å². The first-order valence-corrected chi connectivity index (χ1v) is 9.06. The molecule has 23 heavy (non-hydrogen) atoms. The SMILES string of the molecule is COCCCNC(=S)Nc1sc2c(c1C(=O)OC)CC[C@@H](C)C2. The minimum Gasteiger partial charge on any atom is -0.465 e. The van der Waals surface area contributed by atoms with Crippen molar-refractivity contribution in [1.29, 1.82) is 0 Å². The highest BCUT2D eigenvalue weighted by Gasteiger charge is 2.28. The summed E-state index contributed by atoms with van der Waals surface area (Å²) >= 11 is 6.94. The van der Waals surface area contributed by atoms with E-state index in [0.29, 0.717) is 23.2 Å². The van der Waals surface area contributed by atoms with E-state index in [-0.39, 0.29) is 5.97 Å². The number of carbonyl (C=O) groups excluding carboxylic acids is 1. The summed E-state index contributed by atoms with van der Waals surface area (Å²) in [6, 6.07) is 0. The molecule has 0 saturated heterocycles. The van der Waals surface area contributed by atoms with Crippen molar-refractivity contribution >= 4 is 39.6 Å². The smallest absolute Gasteiger partial charge is 0.341 e. The van der Waals surface area contributed by atoms with E-state index in [1.807, 2.05) is 0 Å². The number of methoxy groups -OCH3 is 2. The van der Waals surface area contributed by atoms with E-state index in [4.69, 9.17) is 21.7 Å². The molecular weight excluding hydrogens is 332 g/mol. The van der Waals surface area contributed by atoms with Gasteiger partial charge in [0.25, 0.3) is 0 Å². The van der Waals surface area contributed by atoms with Gasteiger partial charge in [0.2, 0.25) is 0 Å². The van der Waals surface area contributed by atoms with Gasteiger partial charge < -0.3 is 20.1 Å². The van der Waals surface area contributed by atoms with Crippen LogP contribution in [0, 0.1) is 5.92 Å². The fourth-order valence-electron chi connectivity index (χ4n) is 2.72. The number of thiocarbonyl (C=S) groups is 1. The molecule has 7 heteroatoms. The molecule has 1 aromatic rings. The van der Waals surface area contributed by atoms with E-state index in [1.165, 1.54) is 12.0 Å². The highest BCUT2D eigenvalue weighted by molar-refractivity contribution is 7.80. The number of rotatable bonds is 6. The van der Waals surface area contributed by atoms with E-state index >= 15 is 0 Å². The zero-order valence-corrected chi connectivity index (χ0v) is 15.5. The van der Waals surface area contributed by atoms with Crippen molar-refractivity contribution < 1.29 is 14.3 Å². The van der Waals surface area contributed by atoms with Gasteiger partial charge in [0, 0.05) is 25.1 Å². The van der Waals surface area contributed by atoms with Crippen LogP contribution >= 0.6 is 23.6 Å². The van der Waals surface area contributed by atoms with Gasteiger partial charge in [0.15, 0.2) is 5.11 Å². The Bertz CT molecular complexity index is 572. The van der Waals surface area contributed by atoms with Crippen LogP contribution in [0.5, 0.6) is 0 Å². The van der Waals surface area contributed by atoms with Gasteiger partial charge in [0.05, 0.1) is 12.7 Å². The van der Waals surface area contributed by atoms with Crippen LogP contribution < -0.4 is 10.6 Å². The maximum Gasteiger partial charge on any atom is 0.341 e. The van der Waals surface area contributed by atoms with E-state index in [2.05, 4.69) is 17.6 Å². The van der Waals surface area contributed by atoms with E-state index in [1.54, 1.807) is 18.4 Å². The molecule has 0 amide bonds. The largest absolute Gasteiger partial charge is 0.465 e. The first kappa shape index (κ1) is 18.2. The lowest BCUT2D eigenvalue weighted by atomic mass is 9.88. The van der Waals surface area contributed by atoms with Crippen LogP contribution in [0.15, 0.2) is 0 Å². The van der Waals surface area contributed by atoms with Crippen LogP contribution in [0.25, 0.3) is 0 Å². The Balaban J connectivity index is 2.11. The third-order valence-electron chi connectivity index (χ3n) is 3.94. The molecular formula is C16H24N2O3S2. The van der Waals surface area contributed by atoms with Gasteiger partial charge in [-0.15, -0.1) is 11.3 Å². The minimum atomic E-state index is -0.290. The Morgan fingerprint density at radius 3 is 2.91 bits per heavy atom. The first-order chi connectivity index (χ1) is 11.1. The molecule has 0 radical (unpaired) electrons. The van der Waals surface area contributed by atoms with Crippen molar-refractivity contribution in [3.8, 4) is 0 Å². The summed E-state index contributed by atoms with van der Waals surface area (Å²) in [5.41, 5.74) is 1.78. The van der Waals surface area contributed by atoms with Crippen LogP contribution in [0.2, 0.25) is 0 Å². The monoisotopic (exact) mass is 356 g/mol. The maximum atomic E-state index is 12.2. The van der Waals surface area contributed by atoms with Gasteiger partial charge in [0.1, 0.15) is 5.00 Å². The Kier molecular flexibility index (Phi) is 6.80. The quantitative estimate of drug-likeness (QED) is 0.464. The fourth-order valence-corrected chi connectivity index (χ4v) is 4.39. The Morgan fingerprint density at radius 2 is 2.22 bits per heavy atom. The number of fused-ring (bicyclic) bond motifs is 1. The summed E-state index contributed by atoms with van der Waals surface area (Å²) in [7, 11) is 3.10. The van der Waals surface area contributed by atoms with Crippen LogP contribution in [0.1, 0.15) is 40.6 Å². The highest BCUT2D eigenvalue weighted by Crippen LogP contribution is 2.39. The number of carbonyl (C=O) groups is 1. The number of hydrogen-bond acceptors (Lipinski definition) is 5. The second kappa shape index (κ2) is 8.61. The third kappa shape index (κ3) is 4.65. The topological polar surface area (TPSA) is 59.6 Å². The average molecular weight is 357 g/mol.